The van der Waals surface area contributed by atoms with Gasteiger partial charge in [-0.15, -0.1) is 6.58 Å². The second-order valence-electron chi connectivity index (χ2n) is 2.94. The fourth-order valence-electron chi connectivity index (χ4n) is 1.33. The Morgan fingerprint density at radius 1 is 1.46 bits per heavy atom. The summed E-state index contributed by atoms with van der Waals surface area (Å²) in [6, 6.07) is 9.74. The van der Waals surface area contributed by atoms with Crippen LogP contribution in [-0.4, -0.2) is 5.78 Å². The van der Waals surface area contributed by atoms with Crippen LogP contribution in [0.25, 0.3) is 0 Å². The van der Waals surface area contributed by atoms with Gasteiger partial charge in [0.15, 0.2) is 0 Å². The molecule has 1 atom stereocenters. The maximum atomic E-state index is 11.5. The average molecular weight is 174 g/mol. The first-order valence-corrected chi connectivity index (χ1v) is 4.49. The third kappa shape index (κ3) is 2.28. The van der Waals surface area contributed by atoms with Crippen LogP contribution >= 0.6 is 0 Å². The van der Waals surface area contributed by atoms with Crippen LogP contribution in [0.3, 0.4) is 0 Å². The van der Waals surface area contributed by atoms with Gasteiger partial charge in [0.2, 0.25) is 0 Å². The van der Waals surface area contributed by atoms with E-state index in [4.69, 9.17) is 0 Å². The molecule has 1 heteroatoms. The molecule has 1 nitrogen and oxygen atoms in total. The number of carbonyl (C=O) groups excluding carboxylic acids is 1. The van der Waals surface area contributed by atoms with Crippen LogP contribution < -0.4 is 0 Å². The summed E-state index contributed by atoms with van der Waals surface area (Å²) in [4.78, 5) is 11.5. The average Bonchev–Trinajstić information content (AvgIpc) is 2.20. The van der Waals surface area contributed by atoms with Crippen molar-refractivity contribution >= 4 is 5.78 Å². The minimum absolute atomic E-state index is 0.133. The van der Waals surface area contributed by atoms with Gasteiger partial charge in [0.25, 0.3) is 0 Å². The van der Waals surface area contributed by atoms with E-state index in [-0.39, 0.29) is 11.7 Å². The van der Waals surface area contributed by atoms with E-state index in [9.17, 15) is 4.79 Å². The Labute approximate surface area is 79.1 Å². The number of hydrogen-bond acceptors (Lipinski definition) is 1. The minimum atomic E-state index is -0.133. The van der Waals surface area contributed by atoms with E-state index in [1.54, 1.807) is 6.08 Å². The van der Waals surface area contributed by atoms with Crippen LogP contribution in [0.15, 0.2) is 43.0 Å². The van der Waals surface area contributed by atoms with Crippen LogP contribution in [0, 0.1) is 0 Å². The zero-order valence-corrected chi connectivity index (χ0v) is 7.86. The molecule has 1 aromatic rings. The summed E-state index contributed by atoms with van der Waals surface area (Å²) in [5, 5.41) is 0. The highest BCUT2D eigenvalue weighted by Gasteiger charge is 2.13. The molecule has 0 bridgehead atoms. The summed E-state index contributed by atoms with van der Waals surface area (Å²) < 4.78 is 0. The van der Waals surface area contributed by atoms with E-state index in [0.717, 1.165) is 5.56 Å². The van der Waals surface area contributed by atoms with Gasteiger partial charge >= 0.3 is 0 Å². The quantitative estimate of drug-likeness (QED) is 0.641. The van der Waals surface area contributed by atoms with E-state index in [1.165, 1.54) is 0 Å². The number of carbonyl (C=O) groups is 1. The molecule has 1 unspecified atom stereocenters. The maximum absolute atomic E-state index is 11.5. The summed E-state index contributed by atoms with van der Waals surface area (Å²) in [6.45, 7) is 5.56. The number of allylic oxidation sites excluding steroid dienone is 1. The molecule has 0 aliphatic rings. The topological polar surface area (TPSA) is 17.1 Å². The van der Waals surface area contributed by atoms with Crippen molar-refractivity contribution in [2.75, 3.05) is 0 Å². The van der Waals surface area contributed by atoms with Crippen LogP contribution in [-0.2, 0) is 4.79 Å². The van der Waals surface area contributed by atoms with Crippen LogP contribution in [0.1, 0.15) is 24.8 Å². The smallest absolute Gasteiger partial charge is 0.143 e. The highest BCUT2D eigenvalue weighted by atomic mass is 16.1. The highest BCUT2D eigenvalue weighted by molar-refractivity contribution is 5.87. The van der Waals surface area contributed by atoms with Crippen molar-refractivity contribution in [3.63, 3.8) is 0 Å². The molecule has 0 amide bonds. The van der Waals surface area contributed by atoms with Crippen molar-refractivity contribution < 1.29 is 4.79 Å². The lowest BCUT2D eigenvalue weighted by Gasteiger charge is -2.09. The Morgan fingerprint density at radius 2 is 2.08 bits per heavy atom. The summed E-state index contributed by atoms with van der Waals surface area (Å²) in [5.74, 6) is 0.0902. The standard InChI is InChI=1S/C12H14O/c1-3-11(12(13)4-2)10-8-6-5-7-9-10/h3,5-9,11H,1,4H2,2H3. The molecule has 68 valence electrons. The Balaban J connectivity index is 2.91. The molecule has 0 aliphatic carbocycles. The Morgan fingerprint density at radius 3 is 2.54 bits per heavy atom. The largest absolute Gasteiger partial charge is 0.299 e. The van der Waals surface area contributed by atoms with Crippen molar-refractivity contribution in [1.82, 2.24) is 0 Å². The number of rotatable bonds is 4. The van der Waals surface area contributed by atoms with Gasteiger partial charge in [0.1, 0.15) is 5.78 Å². The first-order valence-electron chi connectivity index (χ1n) is 4.49. The first kappa shape index (κ1) is 9.72. The third-order valence-corrected chi connectivity index (χ3v) is 2.09. The molecule has 0 aromatic heterocycles. The number of ketones is 1. The third-order valence-electron chi connectivity index (χ3n) is 2.09. The predicted octanol–water partition coefficient (Wildman–Crippen LogP) is 2.94. The van der Waals surface area contributed by atoms with Crippen LogP contribution in [0.2, 0.25) is 0 Å². The molecule has 13 heavy (non-hydrogen) atoms. The lowest BCUT2D eigenvalue weighted by molar-refractivity contribution is -0.119. The van der Waals surface area contributed by atoms with Gasteiger partial charge < -0.3 is 0 Å². The fraction of sp³-hybridized carbons (Fsp3) is 0.250. The molecule has 1 aromatic carbocycles. The van der Waals surface area contributed by atoms with E-state index >= 15 is 0 Å². The SMILES string of the molecule is C=CC(C(=O)CC)c1ccccc1. The van der Waals surface area contributed by atoms with E-state index < -0.39 is 0 Å². The molecule has 0 N–H and O–H groups in total. The van der Waals surface area contributed by atoms with Gasteiger partial charge in [0, 0.05) is 6.42 Å². The van der Waals surface area contributed by atoms with Crippen molar-refractivity contribution in [2.24, 2.45) is 0 Å². The number of benzene rings is 1. The second-order valence-corrected chi connectivity index (χ2v) is 2.94. The monoisotopic (exact) mass is 174 g/mol. The fourth-order valence-corrected chi connectivity index (χ4v) is 1.33. The van der Waals surface area contributed by atoms with Crippen molar-refractivity contribution in [3.05, 3.63) is 48.6 Å². The summed E-state index contributed by atoms with van der Waals surface area (Å²) in [7, 11) is 0. The zero-order valence-electron chi connectivity index (χ0n) is 7.86. The van der Waals surface area contributed by atoms with Gasteiger partial charge in [-0.05, 0) is 5.56 Å². The van der Waals surface area contributed by atoms with Gasteiger partial charge in [-0.1, -0.05) is 43.3 Å². The summed E-state index contributed by atoms with van der Waals surface area (Å²) in [6.07, 6.45) is 2.27. The predicted molar refractivity (Wildman–Crippen MR) is 54.7 cm³/mol. The van der Waals surface area contributed by atoms with Gasteiger partial charge in [0.05, 0.1) is 5.92 Å². The van der Waals surface area contributed by atoms with E-state index in [1.807, 2.05) is 37.3 Å². The molecule has 1 rings (SSSR count). The summed E-state index contributed by atoms with van der Waals surface area (Å²) >= 11 is 0. The molecule has 0 radical (unpaired) electrons. The Kier molecular flexibility index (Phi) is 3.44. The molecule has 0 aliphatic heterocycles. The van der Waals surface area contributed by atoms with E-state index in [0.29, 0.717) is 6.42 Å². The minimum Gasteiger partial charge on any atom is -0.299 e. The molecule has 0 saturated carbocycles. The number of hydrogen-bond donors (Lipinski definition) is 0. The molecule has 0 spiro atoms. The normalized spacial score (nSPS) is 12.1. The van der Waals surface area contributed by atoms with E-state index in [2.05, 4.69) is 6.58 Å². The molecular formula is C12H14O. The van der Waals surface area contributed by atoms with Gasteiger partial charge in [-0.3, -0.25) is 4.79 Å². The van der Waals surface area contributed by atoms with Crippen molar-refractivity contribution in [2.45, 2.75) is 19.3 Å². The zero-order chi connectivity index (χ0) is 9.68. The molecule has 0 saturated heterocycles. The lowest BCUT2D eigenvalue weighted by Crippen LogP contribution is -2.08. The van der Waals surface area contributed by atoms with Crippen molar-refractivity contribution in [1.29, 1.82) is 0 Å². The Bertz CT molecular complexity index is 287. The summed E-state index contributed by atoms with van der Waals surface area (Å²) in [5.41, 5.74) is 1.03. The molecular weight excluding hydrogens is 160 g/mol. The van der Waals surface area contributed by atoms with Crippen molar-refractivity contribution in [3.8, 4) is 0 Å². The molecule has 0 heterocycles. The van der Waals surface area contributed by atoms with Crippen LogP contribution in [0.5, 0.6) is 0 Å². The number of Topliss-reactive ketones (excluding diaryl/α,β-unsaturated/α-hetero) is 1. The maximum Gasteiger partial charge on any atom is 0.143 e. The highest BCUT2D eigenvalue weighted by Crippen LogP contribution is 2.18. The van der Waals surface area contributed by atoms with Gasteiger partial charge in [-0.25, -0.2) is 0 Å². The first-order chi connectivity index (χ1) is 6.29. The second kappa shape index (κ2) is 4.61. The molecule has 0 fully saturated rings. The van der Waals surface area contributed by atoms with Crippen LogP contribution in [0.4, 0.5) is 0 Å². The van der Waals surface area contributed by atoms with Gasteiger partial charge in [-0.2, -0.15) is 0 Å². The lowest BCUT2D eigenvalue weighted by atomic mass is 9.94. The Hall–Kier alpha value is -1.37.